The largest absolute Gasteiger partial charge is 0.316 e. The topological polar surface area (TPSA) is 55.6 Å². The molecule has 1 saturated heterocycles. The number of benzene rings is 1. The van der Waals surface area contributed by atoms with Crippen LogP contribution in [0.4, 0.5) is 0 Å². The molecule has 94 valence electrons. The summed E-state index contributed by atoms with van der Waals surface area (Å²) in [5.41, 5.74) is 0.989. The molecule has 1 aliphatic rings. The fourth-order valence-electron chi connectivity index (χ4n) is 2.32. The number of hydrogen-bond donors (Lipinski definition) is 1. The summed E-state index contributed by atoms with van der Waals surface area (Å²) in [4.78, 5) is 0. The van der Waals surface area contributed by atoms with E-state index in [1.54, 1.807) is 0 Å². The van der Waals surface area contributed by atoms with Gasteiger partial charge in [0.05, 0.1) is 5.69 Å². The van der Waals surface area contributed by atoms with E-state index in [1.165, 1.54) is 6.42 Å². The Bertz CT molecular complexity index is 533. The molecule has 1 fully saturated rings. The fraction of sp³-hybridized carbons (Fsp3) is 0.417. The zero-order valence-corrected chi connectivity index (χ0v) is 11.5. The molecule has 2 heterocycles. The van der Waals surface area contributed by atoms with Crippen molar-refractivity contribution in [3.8, 4) is 5.69 Å². The Balaban J connectivity index is 1.98. The summed E-state index contributed by atoms with van der Waals surface area (Å²) in [5.74, 6) is 1.33. The molecule has 1 aromatic heterocycles. The second-order valence-electron chi connectivity index (χ2n) is 4.44. The van der Waals surface area contributed by atoms with Gasteiger partial charge in [0.15, 0.2) is 5.82 Å². The molecule has 0 amide bonds. The van der Waals surface area contributed by atoms with Crippen LogP contribution in [0, 0.1) is 0 Å². The summed E-state index contributed by atoms with van der Waals surface area (Å²) in [7, 11) is 0. The van der Waals surface area contributed by atoms with Crippen LogP contribution >= 0.6 is 15.9 Å². The molecule has 2 aromatic rings. The Morgan fingerprint density at radius 3 is 3.00 bits per heavy atom. The van der Waals surface area contributed by atoms with Gasteiger partial charge in [-0.25, -0.2) is 0 Å². The Labute approximate surface area is 114 Å². The molecule has 0 radical (unpaired) electrons. The van der Waals surface area contributed by atoms with Gasteiger partial charge in [-0.2, -0.15) is 4.68 Å². The van der Waals surface area contributed by atoms with E-state index in [1.807, 2.05) is 28.9 Å². The first-order chi connectivity index (χ1) is 8.86. The quantitative estimate of drug-likeness (QED) is 0.920. The molecule has 3 rings (SSSR count). The van der Waals surface area contributed by atoms with E-state index in [9.17, 15) is 0 Å². The smallest absolute Gasteiger partial charge is 0.161 e. The molecule has 1 atom stereocenters. The average molecular weight is 308 g/mol. The van der Waals surface area contributed by atoms with Gasteiger partial charge in [-0.05, 0) is 57.9 Å². The van der Waals surface area contributed by atoms with Crippen LogP contribution in [0.25, 0.3) is 5.69 Å². The lowest BCUT2D eigenvalue weighted by molar-refractivity contribution is 0.440. The van der Waals surface area contributed by atoms with Crippen LogP contribution in [0.5, 0.6) is 0 Å². The van der Waals surface area contributed by atoms with Crippen molar-refractivity contribution < 1.29 is 0 Å². The third kappa shape index (κ3) is 2.18. The molecule has 1 aromatic carbocycles. The highest BCUT2D eigenvalue weighted by atomic mass is 79.9. The van der Waals surface area contributed by atoms with Gasteiger partial charge in [0.25, 0.3) is 0 Å². The monoisotopic (exact) mass is 307 g/mol. The molecule has 5 nitrogen and oxygen atoms in total. The van der Waals surface area contributed by atoms with Gasteiger partial charge in [0, 0.05) is 16.9 Å². The minimum atomic E-state index is 0.390. The van der Waals surface area contributed by atoms with E-state index < -0.39 is 0 Å². The van der Waals surface area contributed by atoms with Crippen molar-refractivity contribution in [2.45, 2.75) is 18.8 Å². The number of tetrazole rings is 1. The van der Waals surface area contributed by atoms with E-state index in [0.717, 1.165) is 35.5 Å². The lowest BCUT2D eigenvalue weighted by atomic mass is 9.99. The van der Waals surface area contributed by atoms with E-state index in [0.29, 0.717) is 5.92 Å². The lowest BCUT2D eigenvalue weighted by Crippen LogP contribution is -2.30. The lowest BCUT2D eigenvalue weighted by Gasteiger charge is -2.21. The standard InChI is InChI=1S/C12H14BrN5/c13-10-5-1-2-6-11(10)18-12(15-16-17-18)9-4-3-7-14-8-9/h1-2,5-6,9,14H,3-4,7-8H2. The van der Waals surface area contributed by atoms with Crippen LogP contribution < -0.4 is 5.32 Å². The first kappa shape index (κ1) is 11.8. The van der Waals surface area contributed by atoms with Crippen molar-refractivity contribution in [1.29, 1.82) is 0 Å². The zero-order valence-electron chi connectivity index (χ0n) is 9.88. The van der Waals surface area contributed by atoms with Gasteiger partial charge in [0.1, 0.15) is 0 Å². The van der Waals surface area contributed by atoms with Crippen LogP contribution in [-0.2, 0) is 0 Å². The minimum absolute atomic E-state index is 0.390. The predicted octanol–water partition coefficient (Wildman–Crippen LogP) is 1.89. The number of piperidine rings is 1. The molecular weight excluding hydrogens is 294 g/mol. The maximum absolute atomic E-state index is 4.20. The molecular formula is C12H14BrN5. The van der Waals surface area contributed by atoms with Gasteiger partial charge in [-0.1, -0.05) is 12.1 Å². The molecule has 18 heavy (non-hydrogen) atoms. The predicted molar refractivity (Wildman–Crippen MR) is 71.7 cm³/mol. The second kappa shape index (κ2) is 5.16. The average Bonchev–Trinajstić information content (AvgIpc) is 2.89. The maximum Gasteiger partial charge on any atom is 0.161 e. The number of aromatic nitrogens is 4. The van der Waals surface area contributed by atoms with Gasteiger partial charge < -0.3 is 5.32 Å². The first-order valence-corrected chi connectivity index (χ1v) is 6.89. The van der Waals surface area contributed by atoms with Crippen molar-refractivity contribution in [1.82, 2.24) is 25.5 Å². The van der Waals surface area contributed by atoms with Crippen molar-refractivity contribution >= 4 is 15.9 Å². The van der Waals surface area contributed by atoms with Crippen LogP contribution in [0.3, 0.4) is 0 Å². The van der Waals surface area contributed by atoms with E-state index in [-0.39, 0.29) is 0 Å². The Morgan fingerprint density at radius 1 is 1.33 bits per heavy atom. The van der Waals surface area contributed by atoms with E-state index in [2.05, 4.69) is 36.8 Å². The maximum atomic E-state index is 4.20. The Kier molecular flexibility index (Phi) is 3.38. The minimum Gasteiger partial charge on any atom is -0.316 e. The van der Waals surface area contributed by atoms with Crippen molar-refractivity contribution in [3.63, 3.8) is 0 Å². The SMILES string of the molecule is Brc1ccccc1-n1nnnc1C1CCCNC1. The number of nitrogens with zero attached hydrogens (tertiary/aromatic N) is 4. The van der Waals surface area contributed by atoms with Crippen molar-refractivity contribution in [3.05, 3.63) is 34.6 Å². The number of nitrogens with one attached hydrogen (secondary N) is 1. The molecule has 0 saturated carbocycles. The van der Waals surface area contributed by atoms with Crippen LogP contribution in [0.1, 0.15) is 24.6 Å². The summed E-state index contributed by atoms with van der Waals surface area (Å²) in [6.45, 7) is 2.04. The molecule has 0 spiro atoms. The summed E-state index contributed by atoms with van der Waals surface area (Å²) < 4.78 is 2.84. The number of hydrogen-bond acceptors (Lipinski definition) is 4. The Hall–Kier alpha value is -1.27. The highest BCUT2D eigenvalue weighted by Gasteiger charge is 2.22. The highest BCUT2D eigenvalue weighted by Crippen LogP contribution is 2.26. The van der Waals surface area contributed by atoms with Crippen LogP contribution in [0.2, 0.25) is 0 Å². The molecule has 0 aliphatic carbocycles. The summed E-state index contributed by atoms with van der Waals surface area (Å²) in [6.07, 6.45) is 2.31. The molecule has 1 N–H and O–H groups in total. The van der Waals surface area contributed by atoms with Gasteiger partial charge >= 0.3 is 0 Å². The summed E-state index contributed by atoms with van der Waals surface area (Å²) in [6, 6.07) is 7.99. The zero-order chi connectivity index (χ0) is 12.4. The summed E-state index contributed by atoms with van der Waals surface area (Å²) >= 11 is 3.54. The molecule has 6 heteroatoms. The highest BCUT2D eigenvalue weighted by molar-refractivity contribution is 9.10. The van der Waals surface area contributed by atoms with Crippen molar-refractivity contribution in [2.24, 2.45) is 0 Å². The number of rotatable bonds is 2. The molecule has 1 aliphatic heterocycles. The number of para-hydroxylation sites is 1. The van der Waals surface area contributed by atoms with Crippen LogP contribution in [-0.4, -0.2) is 33.3 Å². The second-order valence-corrected chi connectivity index (χ2v) is 5.30. The van der Waals surface area contributed by atoms with Gasteiger partial charge in [0.2, 0.25) is 0 Å². The van der Waals surface area contributed by atoms with E-state index in [4.69, 9.17) is 0 Å². The number of halogens is 1. The van der Waals surface area contributed by atoms with Gasteiger partial charge in [-0.3, -0.25) is 0 Å². The van der Waals surface area contributed by atoms with Crippen LogP contribution in [0.15, 0.2) is 28.7 Å². The third-order valence-electron chi connectivity index (χ3n) is 3.24. The third-order valence-corrected chi connectivity index (χ3v) is 3.91. The Morgan fingerprint density at radius 2 is 2.22 bits per heavy atom. The molecule has 1 unspecified atom stereocenters. The van der Waals surface area contributed by atoms with Gasteiger partial charge in [-0.15, -0.1) is 5.10 Å². The van der Waals surface area contributed by atoms with Crippen molar-refractivity contribution in [2.75, 3.05) is 13.1 Å². The molecule has 0 bridgehead atoms. The first-order valence-electron chi connectivity index (χ1n) is 6.10. The summed E-state index contributed by atoms with van der Waals surface area (Å²) in [5, 5.41) is 15.5. The fourth-order valence-corrected chi connectivity index (χ4v) is 2.77. The van der Waals surface area contributed by atoms with E-state index >= 15 is 0 Å². The normalized spacial score (nSPS) is 19.9.